The maximum absolute atomic E-state index is 9.06. The van der Waals surface area contributed by atoms with Crippen LogP contribution >= 0.6 is 0 Å². The van der Waals surface area contributed by atoms with Crippen LogP contribution in [0.1, 0.15) is 40.5 Å². The van der Waals surface area contributed by atoms with E-state index in [0.717, 1.165) is 25.9 Å². The summed E-state index contributed by atoms with van der Waals surface area (Å²) in [6.45, 7) is 10.7. The second-order valence-corrected chi connectivity index (χ2v) is 3.71. The van der Waals surface area contributed by atoms with Crippen LogP contribution in [0.5, 0.6) is 0 Å². The predicted octanol–water partition coefficient (Wildman–Crippen LogP) is 1.88. The van der Waals surface area contributed by atoms with Crippen molar-refractivity contribution >= 4 is 0 Å². The highest BCUT2D eigenvalue weighted by atomic mass is 16.3. The van der Waals surface area contributed by atoms with Gasteiger partial charge in [0.2, 0.25) is 0 Å². The number of hydrogen-bond donors (Lipinski definition) is 1. The van der Waals surface area contributed by atoms with Gasteiger partial charge in [0.05, 0.1) is 6.10 Å². The molecule has 0 aliphatic carbocycles. The second kappa shape index (κ2) is 6.44. The van der Waals surface area contributed by atoms with Crippen molar-refractivity contribution in [2.45, 2.75) is 52.7 Å². The van der Waals surface area contributed by atoms with Crippen molar-refractivity contribution in [3.8, 4) is 0 Å². The molecule has 0 amide bonds. The van der Waals surface area contributed by atoms with Crippen LogP contribution in [-0.2, 0) is 0 Å². The fourth-order valence-corrected chi connectivity index (χ4v) is 1.37. The van der Waals surface area contributed by atoms with Gasteiger partial charge in [-0.1, -0.05) is 6.92 Å². The zero-order chi connectivity index (χ0) is 9.56. The molecule has 0 saturated carbocycles. The van der Waals surface area contributed by atoms with E-state index in [1.54, 1.807) is 0 Å². The molecule has 74 valence electrons. The summed E-state index contributed by atoms with van der Waals surface area (Å²) >= 11 is 0. The highest BCUT2D eigenvalue weighted by Crippen LogP contribution is 2.02. The molecule has 1 N–H and O–H groups in total. The number of aliphatic hydroxyl groups excluding tert-OH is 1. The lowest BCUT2D eigenvalue weighted by molar-refractivity contribution is 0.164. The first-order valence-electron chi connectivity index (χ1n) is 5.00. The van der Waals surface area contributed by atoms with Crippen molar-refractivity contribution in [1.29, 1.82) is 0 Å². The van der Waals surface area contributed by atoms with Gasteiger partial charge in [0.1, 0.15) is 0 Å². The minimum Gasteiger partial charge on any atom is -0.393 e. The zero-order valence-electron chi connectivity index (χ0n) is 8.88. The van der Waals surface area contributed by atoms with Crippen LogP contribution in [0.15, 0.2) is 0 Å². The molecule has 1 unspecified atom stereocenters. The van der Waals surface area contributed by atoms with E-state index in [1.165, 1.54) is 0 Å². The van der Waals surface area contributed by atoms with Gasteiger partial charge in [-0.3, -0.25) is 0 Å². The van der Waals surface area contributed by atoms with E-state index in [4.69, 9.17) is 5.11 Å². The van der Waals surface area contributed by atoms with Gasteiger partial charge < -0.3 is 10.0 Å². The van der Waals surface area contributed by atoms with Gasteiger partial charge in [-0.05, 0) is 46.7 Å². The highest BCUT2D eigenvalue weighted by Gasteiger charge is 2.06. The molecule has 0 aliphatic rings. The first-order valence-corrected chi connectivity index (χ1v) is 5.00. The van der Waals surface area contributed by atoms with Crippen LogP contribution in [0.3, 0.4) is 0 Å². The van der Waals surface area contributed by atoms with Crippen LogP contribution in [0.25, 0.3) is 0 Å². The first-order chi connectivity index (χ1) is 5.57. The van der Waals surface area contributed by atoms with Gasteiger partial charge in [0.25, 0.3) is 0 Å². The van der Waals surface area contributed by atoms with E-state index in [9.17, 15) is 0 Å². The van der Waals surface area contributed by atoms with Crippen LogP contribution in [-0.4, -0.2) is 35.2 Å². The Balaban J connectivity index is 3.45. The first kappa shape index (κ1) is 11.9. The molecule has 0 saturated heterocycles. The minimum absolute atomic E-state index is 0.143. The summed E-state index contributed by atoms with van der Waals surface area (Å²) in [5, 5.41) is 9.06. The van der Waals surface area contributed by atoms with Gasteiger partial charge in [0, 0.05) is 6.04 Å². The monoisotopic (exact) mass is 173 g/mol. The number of aliphatic hydroxyl groups is 1. The molecule has 0 radical (unpaired) electrons. The van der Waals surface area contributed by atoms with E-state index in [2.05, 4.69) is 25.7 Å². The number of rotatable bonds is 6. The smallest absolute Gasteiger partial charge is 0.0512 e. The molecule has 0 aromatic heterocycles. The lowest BCUT2D eigenvalue weighted by atomic mass is 10.2. The van der Waals surface area contributed by atoms with Crippen LogP contribution < -0.4 is 0 Å². The van der Waals surface area contributed by atoms with Gasteiger partial charge in [-0.2, -0.15) is 0 Å². The Labute approximate surface area is 76.6 Å². The summed E-state index contributed by atoms with van der Waals surface area (Å²) in [5.41, 5.74) is 0. The van der Waals surface area contributed by atoms with E-state index in [1.807, 2.05) is 6.92 Å². The van der Waals surface area contributed by atoms with Crippen molar-refractivity contribution in [3.05, 3.63) is 0 Å². The maximum atomic E-state index is 9.06. The van der Waals surface area contributed by atoms with Crippen LogP contribution in [0, 0.1) is 0 Å². The molecule has 0 bridgehead atoms. The van der Waals surface area contributed by atoms with Gasteiger partial charge in [0.15, 0.2) is 0 Å². The molecule has 0 heterocycles. The van der Waals surface area contributed by atoms with Crippen molar-refractivity contribution in [1.82, 2.24) is 4.90 Å². The maximum Gasteiger partial charge on any atom is 0.0512 e. The van der Waals surface area contributed by atoms with Crippen molar-refractivity contribution in [2.24, 2.45) is 0 Å². The summed E-state index contributed by atoms with van der Waals surface area (Å²) in [7, 11) is 0. The summed E-state index contributed by atoms with van der Waals surface area (Å²) < 4.78 is 0. The largest absolute Gasteiger partial charge is 0.393 e. The lowest BCUT2D eigenvalue weighted by Gasteiger charge is -2.24. The van der Waals surface area contributed by atoms with Crippen molar-refractivity contribution in [3.63, 3.8) is 0 Å². The zero-order valence-corrected chi connectivity index (χ0v) is 8.88. The third-order valence-electron chi connectivity index (χ3n) is 2.20. The molecule has 0 aromatic carbocycles. The molecule has 0 aromatic rings. The number of hydrogen-bond acceptors (Lipinski definition) is 2. The molecule has 0 rings (SSSR count). The third kappa shape index (κ3) is 5.56. The summed E-state index contributed by atoms with van der Waals surface area (Å²) in [4.78, 5) is 2.42. The predicted molar refractivity (Wildman–Crippen MR) is 53.3 cm³/mol. The van der Waals surface area contributed by atoms with E-state index >= 15 is 0 Å². The molecule has 0 fully saturated rings. The Kier molecular flexibility index (Phi) is 6.39. The van der Waals surface area contributed by atoms with Gasteiger partial charge >= 0.3 is 0 Å². The van der Waals surface area contributed by atoms with Crippen molar-refractivity contribution in [2.75, 3.05) is 13.1 Å². The van der Waals surface area contributed by atoms with Gasteiger partial charge in [-0.25, -0.2) is 0 Å². The summed E-state index contributed by atoms with van der Waals surface area (Å²) in [6.07, 6.45) is 1.88. The fraction of sp³-hybridized carbons (Fsp3) is 1.00. The third-order valence-corrected chi connectivity index (χ3v) is 2.20. The van der Waals surface area contributed by atoms with Gasteiger partial charge in [-0.15, -0.1) is 0 Å². The van der Waals surface area contributed by atoms with E-state index in [-0.39, 0.29) is 6.10 Å². The Bertz CT molecular complexity index is 102. The normalized spacial score (nSPS) is 14.2. The van der Waals surface area contributed by atoms with E-state index in [0.29, 0.717) is 6.04 Å². The molecule has 0 aliphatic heterocycles. The molecular weight excluding hydrogens is 150 g/mol. The Morgan fingerprint density at radius 1 is 1.25 bits per heavy atom. The highest BCUT2D eigenvalue weighted by molar-refractivity contribution is 4.61. The standard InChI is InChI=1S/C10H23NO/c1-5-11(9(2)3)8-6-7-10(4)12/h9-10,12H,5-8H2,1-4H3. The average Bonchev–Trinajstić information content (AvgIpc) is 1.96. The molecule has 2 nitrogen and oxygen atoms in total. The summed E-state index contributed by atoms with van der Waals surface area (Å²) in [5.74, 6) is 0. The Morgan fingerprint density at radius 2 is 1.83 bits per heavy atom. The van der Waals surface area contributed by atoms with E-state index < -0.39 is 0 Å². The van der Waals surface area contributed by atoms with Crippen LogP contribution in [0.4, 0.5) is 0 Å². The minimum atomic E-state index is -0.143. The fourth-order valence-electron chi connectivity index (χ4n) is 1.37. The Hall–Kier alpha value is -0.0800. The average molecular weight is 173 g/mol. The molecule has 12 heavy (non-hydrogen) atoms. The number of nitrogens with zero attached hydrogens (tertiary/aromatic N) is 1. The molecule has 0 spiro atoms. The SMILES string of the molecule is CCN(CCCC(C)O)C(C)C. The van der Waals surface area contributed by atoms with Crippen LogP contribution in [0.2, 0.25) is 0 Å². The quantitative estimate of drug-likeness (QED) is 0.663. The summed E-state index contributed by atoms with van der Waals surface area (Å²) in [6, 6.07) is 0.629. The second-order valence-electron chi connectivity index (χ2n) is 3.71. The Morgan fingerprint density at radius 3 is 2.17 bits per heavy atom. The molecule has 1 atom stereocenters. The molecule has 2 heteroatoms. The topological polar surface area (TPSA) is 23.5 Å². The van der Waals surface area contributed by atoms with Crippen molar-refractivity contribution < 1.29 is 5.11 Å². The lowest BCUT2D eigenvalue weighted by Crippen LogP contribution is -2.31. The molecular formula is C10H23NO.